The molecule has 2 heterocycles. The zero-order valence-corrected chi connectivity index (χ0v) is 13.1. The summed E-state index contributed by atoms with van der Waals surface area (Å²) in [6.45, 7) is 6.12. The van der Waals surface area contributed by atoms with Crippen LogP contribution in [0, 0.1) is 11.8 Å². The molecule has 0 aliphatic carbocycles. The summed E-state index contributed by atoms with van der Waals surface area (Å²) in [6.07, 6.45) is 4.14. The molecule has 0 aromatic heterocycles. The van der Waals surface area contributed by atoms with Crippen LogP contribution in [0.25, 0.3) is 0 Å². The summed E-state index contributed by atoms with van der Waals surface area (Å²) in [5, 5.41) is 12.2. The van der Waals surface area contributed by atoms with E-state index in [2.05, 4.69) is 17.0 Å². The lowest BCUT2D eigenvalue weighted by molar-refractivity contribution is 0.164. The van der Waals surface area contributed by atoms with E-state index in [4.69, 9.17) is 5.21 Å². The van der Waals surface area contributed by atoms with Gasteiger partial charge in [-0.3, -0.25) is 0 Å². The van der Waals surface area contributed by atoms with Gasteiger partial charge in [-0.25, -0.2) is 12.7 Å². The molecule has 0 bridgehead atoms. The highest BCUT2D eigenvalue weighted by molar-refractivity contribution is 7.88. The van der Waals surface area contributed by atoms with Gasteiger partial charge in [0.1, 0.15) is 0 Å². The van der Waals surface area contributed by atoms with Crippen LogP contribution < -0.4 is 0 Å². The van der Waals surface area contributed by atoms with Crippen LogP contribution >= 0.6 is 0 Å². The molecule has 0 aromatic rings. The summed E-state index contributed by atoms with van der Waals surface area (Å²) in [4.78, 5) is 2.37. The summed E-state index contributed by atoms with van der Waals surface area (Å²) in [5.74, 6) is 0.696. The summed E-state index contributed by atoms with van der Waals surface area (Å²) in [5.41, 5.74) is 0.877. The van der Waals surface area contributed by atoms with Gasteiger partial charge in [-0.1, -0.05) is 12.1 Å². The fourth-order valence-electron chi connectivity index (χ4n) is 3.26. The fourth-order valence-corrected chi connectivity index (χ4v) is 4.20. The zero-order valence-electron chi connectivity index (χ0n) is 12.3. The van der Waals surface area contributed by atoms with Crippen LogP contribution in [-0.2, 0) is 10.0 Å². The van der Waals surface area contributed by atoms with Crippen LogP contribution in [0.1, 0.15) is 26.2 Å². The molecule has 0 saturated carbocycles. The Morgan fingerprint density at radius 2 is 2.10 bits per heavy atom. The molecule has 1 N–H and O–H groups in total. The lowest BCUT2D eigenvalue weighted by atomic mass is 9.94. The predicted octanol–water partition coefficient (Wildman–Crippen LogP) is 0.830. The molecule has 0 aromatic carbocycles. The van der Waals surface area contributed by atoms with E-state index in [1.807, 2.05) is 0 Å². The van der Waals surface area contributed by atoms with Gasteiger partial charge < -0.3 is 10.1 Å². The highest BCUT2D eigenvalue weighted by atomic mass is 32.2. The van der Waals surface area contributed by atoms with Gasteiger partial charge in [0.05, 0.1) is 12.0 Å². The SMILES string of the molecule is CC1CN(CC2CCCN(S(C)(=O)=O)C2)CCC1=NO. The van der Waals surface area contributed by atoms with E-state index in [1.54, 1.807) is 4.31 Å². The zero-order chi connectivity index (χ0) is 14.8. The predicted molar refractivity (Wildman–Crippen MR) is 78.6 cm³/mol. The van der Waals surface area contributed by atoms with E-state index in [9.17, 15) is 8.42 Å². The van der Waals surface area contributed by atoms with Crippen molar-refractivity contribution in [2.45, 2.75) is 26.2 Å². The van der Waals surface area contributed by atoms with E-state index >= 15 is 0 Å². The maximum atomic E-state index is 11.6. The number of rotatable bonds is 3. The van der Waals surface area contributed by atoms with Crippen LogP contribution in [0.3, 0.4) is 0 Å². The van der Waals surface area contributed by atoms with Crippen molar-refractivity contribution in [3.8, 4) is 0 Å². The Morgan fingerprint density at radius 1 is 1.35 bits per heavy atom. The van der Waals surface area contributed by atoms with Crippen molar-refractivity contribution in [3.05, 3.63) is 0 Å². The lowest BCUT2D eigenvalue weighted by Gasteiger charge is -2.37. The lowest BCUT2D eigenvalue weighted by Crippen LogP contribution is -2.46. The van der Waals surface area contributed by atoms with Gasteiger partial charge in [0, 0.05) is 45.1 Å². The van der Waals surface area contributed by atoms with E-state index in [0.717, 1.165) is 44.6 Å². The molecule has 2 aliphatic heterocycles. The quantitative estimate of drug-likeness (QED) is 0.619. The van der Waals surface area contributed by atoms with Crippen molar-refractivity contribution in [3.63, 3.8) is 0 Å². The Kier molecular flexibility index (Phi) is 5.04. The highest BCUT2D eigenvalue weighted by Gasteiger charge is 2.29. The Hall–Kier alpha value is -0.660. The van der Waals surface area contributed by atoms with Crippen molar-refractivity contribution < 1.29 is 13.6 Å². The number of piperidine rings is 2. The highest BCUT2D eigenvalue weighted by Crippen LogP contribution is 2.22. The van der Waals surface area contributed by atoms with Gasteiger partial charge in [0.15, 0.2) is 0 Å². The average molecular weight is 303 g/mol. The molecule has 2 fully saturated rings. The number of nitrogens with zero attached hydrogens (tertiary/aromatic N) is 3. The first-order chi connectivity index (χ1) is 9.40. The summed E-state index contributed by atoms with van der Waals surface area (Å²) < 4.78 is 24.9. The van der Waals surface area contributed by atoms with E-state index in [0.29, 0.717) is 19.0 Å². The molecule has 2 rings (SSSR count). The molecule has 2 atom stereocenters. The minimum Gasteiger partial charge on any atom is -0.411 e. The number of hydrogen-bond acceptors (Lipinski definition) is 5. The van der Waals surface area contributed by atoms with E-state index < -0.39 is 10.0 Å². The van der Waals surface area contributed by atoms with Crippen molar-refractivity contribution in [2.24, 2.45) is 17.0 Å². The second kappa shape index (κ2) is 6.41. The third-order valence-corrected chi connectivity index (χ3v) is 5.65. The summed E-state index contributed by atoms with van der Waals surface area (Å²) in [6, 6.07) is 0. The molecule has 2 unspecified atom stereocenters. The molecule has 0 radical (unpaired) electrons. The summed E-state index contributed by atoms with van der Waals surface area (Å²) >= 11 is 0. The van der Waals surface area contributed by atoms with Crippen LogP contribution in [0.15, 0.2) is 5.16 Å². The normalized spacial score (nSPS) is 32.6. The number of hydrogen-bond donors (Lipinski definition) is 1. The van der Waals surface area contributed by atoms with E-state index in [-0.39, 0.29) is 5.92 Å². The van der Waals surface area contributed by atoms with Gasteiger partial charge >= 0.3 is 0 Å². The Morgan fingerprint density at radius 3 is 2.70 bits per heavy atom. The maximum Gasteiger partial charge on any atom is 0.211 e. The first kappa shape index (κ1) is 15.7. The average Bonchev–Trinajstić information content (AvgIpc) is 2.38. The van der Waals surface area contributed by atoms with Gasteiger partial charge in [-0.05, 0) is 18.8 Å². The molecule has 116 valence electrons. The Labute approximate surface area is 121 Å². The van der Waals surface area contributed by atoms with Crippen molar-refractivity contribution in [2.75, 3.05) is 39.0 Å². The monoisotopic (exact) mass is 303 g/mol. The van der Waals surface area contributed by atoms with Gasteiger partial charge in [0.25, 0.3) is 0 Å². The third-order valence-electron chi connectivity index (χ3n) is 4.38. The molecule has 7 heteroatoms. The molecule has 0 amide bonds. The molecular weight excluding hydrogens is 278 g/mol. The minimum atomic E-state index is -3.06. The molecule has 2 saturated heterocycles. The topological polar surface area (TPSA) is 73.2 Å². The number of likely N-dealkylation sites (tertiary alicyclic amines) is 1. The van der Waals surface area contributed by atoms with Crippen LogP contribution in [-0.4, -0.2) is 67.5 Å². The van der Waals surface area contributed by atoms with Crippen LogP contribution in [0.2, 0.25) is 0 Å². The second-order valence-electron chi connectivity index (χ2n) is 6.13. The maximum absolute atomic E-state index is 11.6. The van der Waals surface area contributed by atoms with E-state index in [1.165, 1.54) is 6.26 Å². The Bertz CT molecular complexity index is 463. The van der Waals surface area contributed by atoms with Crippen LogP contribution in [0.4, 0.5) is 0 Å². The van der Waals surface area contributed by atoms with Crippen molar-refractivity contribution >= 4 is 15.7 Å². The molecule has 0 spiro atoms. The number of sulfonamides is 1. The standard InChI is InChI=1S/C13H25N3O3S/c1-11-8-15(7-5-13(11)14-17)9-12-4-3-6-16(10-12)20(2,18)19/h11-12,17H,3-10H2,1-2H3. The van der Waals surface area contributed by atoms with Gasteiger partial charge in [0.2, 0.25) is 10.0 Å². The molecule has 2 aliphatic rings. The largest absolute Gasteiger partial charge is 0.411 e. The first-order valence-corrected chi connectivity index (χ1v) is 9.13. The first-order valence-electron chi connectivity index (χ1n) is 7.28. The third kappa shape index (κ3) is 3.93. The van der Waals surface area contributed by atoms with Gasteiger partial charge in [-0.15, -0.1) is 0 Å². The molecule has 20 heavy (non-hydrogen) atoms. The smallest absolute Gasteiger partial charge is 0.211 e. The molecular formula is C13H25N3O3S. The van der Waals surface area contributed by atoms with Gasteiger partial charge in [-0.2, -0.15) is 0 Å². The minimum absolute atomic E-state index is 0.281. The molecule has 6 nitrogen and oxygen atoms in total. The second-order valence-corrected chi connectivity index (χ2v) is 8.11. The van der Waals surface area contributed by atoms with Crippen LogP contribution in [0.5, 0.6) is 0 Å². The number of oxime groups is 1. The fraction of sp³-hybridized carbons (Fsp3) is 0.923. The van der Waals surface area contributed by atoms with Crippen molar-refractivity contribution in [1.29, 1.82) is 0 Å². The Balaban J connectivity index is 1.88. The van der Waals surface area contributed by atoms with Crippen molar-refractivity contribution in [1.82, 2.24) is 9.21 Å². The summed E-state index contributed by atoms with van der Waals surface area (Å²) in [7, 11) is -3.06.